The van der Waals surface area contributed by atoms with Gasteiger partial charge in [-0.3, -0.25) is 9.59 Å². The Bertz CT molecular complexity index is 1010. The number of likely N-dealkylation sites (N-methyl/N-ethyl adjacent to an activating group) is 1. The first-order valence-electron chi connectivity index (χ1n) is 11.3. The van der Waals surface area contributed by atoms with Gasteiger partial charge in [-0.25, -0.2) is 4.98 Å². The van der Waals surface area contributed by atoms with Crippen LogP contribution < -0.4 is 10.6 Å². The van der Waals surface area contributed by atoms with Gasteiger partial charge in [-0.1, -0.05) is 45.6 Å². The monoisotopic (exact) mass is 453 g/mol. The number of nitrogens with zero attached hydrogens (tertiary/aromatic N) is 3. The highest BCUT2D eigenvalue weighted by Crippen LogP contribution is 2.27. The topological polar surface area (TPSA) is 88.5 Å². The molecule has 3 heterocycles. The molecule has 3 rings (SSSR count). The predicted octanol–water partition coefficient (Wildman–Crippen LogP) is 2.65. The summed E-state index contributed by atoms with van der Waals surface area (Å²) in [7, 11) is 3.60. The van der Waals surface area contributed by atoms with Gasteiger partial charge < -0.3 is 24.8 Å². The van der Waals surface area contributed by atoms with Gasteiger partial charge in [0.1, 0.15) is 12.6 Å². The summed E-state index contributed by atoms with van der Waals surface area (Å²) in [5, 5.41) is 5.57. The number of allylic oxidation sites excluding steroid dienone is 5. The van der Waals surface area contributed by atoms with Crippen LogP contribution in [0.2, 0.25) is 0 Å². The molecule has 8 nitrogen and oxygen atoms in total. The number of aromatic nitrogens is 2. The first-order chi connectivity index (χ1) is 15.6. The number of imidazole rings is 1. The van der Waals surface area contributed by atoms with Crippen molar-refractivity contribution in [2.45, 2.75) is 46.3 Å². The van der Waals surface area contributed by atoms with Gasteiger partial charge in [0.15, 0.2) is 17.3 Å². The zero-order chi connectivity index (χ0) is 24.2. The number of rotatable bonds is 4. The second-order valence-electron chi connectivity index (χ2n) is 9.54. The molecule has 33 heavy (non-hydrogen) atoms. The van der Waals surface area contributed by atoms with Gasteiger partial charge in [0.25, 0.3) is 5.91 Å². The lowest BCUT2D eigenvalue weighted by Crippen LogP contribution is -2.53. The van der Waals surface area contributed by atoms with Crippen LogP contribution >= 0.6 is 0 Å². The Morgan fingerprint density at radius 2 is 2.00 bits per heavy atom. The van der Waals surface area contributed by atoms with Gasteiger partial charge >= 0.3 is 0 Å². The SMILES string of the molecule is C=C1C=C(c2nc(C(=O)N[C@H](C(=O)NC)C(C)(C)C)c3n2CCCN(C)C3)OC/C=C\C=C/1. The molecule has 1 aromatic heterocycles. The molecule has 0 aromatic carbocycles. The number of fused-ring (bicyclic) bond motifs is 1. The minimum atomic E-state index is -0.699. The molecule has 0 aliphatic carbocycles. The van der Waals surface area contributed by atoms with Gasteiger partial charge in [-0.15, -0.1) is 0 Å². The lowest BCUT2D eigenvalue weighted by atomic mass is 9.86. The second kappa shape index (κ2) is 10.2. The molecule has 0 radical (unpaired) electrons. The van der Waals surface area contributed by atoms with E-state index in [1.54, 1.807) is 7.05 Å². The number of hydrogen-bond donors (Lipinski definition) is 2. The third-order valence-electron chi connectivity index (χ3n) is 5.71. The Morgan fingerprint density at radius 1 is 1.24 bits per heavy atom. The van der Waals surface area contributed by atoms with Crippen molar-refractivity contribution in [1.82, 2.24) is 25.1 Å². The van der Waals surface area contributed by atoms with Crippen LogP contribution in [0.25, 0.3) is 5.76 Å². The molecule has 8 heteroatoms. The van der Waals surface area contributed by atoms with E-state index in [1.165, 1.54) is 0 Å². The fourth-order valence-electron chi connectivity index (χ4n) is 3.95. The largest absolute Gasteiger partial charge is 0.486 e. The summed E-state index contributed by atoms with van der Waals surface area (Å²) < 4.78 is 8.08. The summed E-state index contributed by atoms with van der Waals surface area (Å²) in [6.45, 7) is 12.4. The number of nitrogens with one attached hydrogen (secondary N) is 2. The smallest absolute Gasteiger partial charge is 0.272 e. The molecule has 1 aromatic rings. The van der Waals surface area contributed by atoms with Crippen LogP contribution in [0.5, 0.6) is 0 Å². The van der Waals surface area contributed by atoms with E-state index in [1.807, 2.05) is 58.2 Å². The summed E-state index contributed by atoms with van der Waals surface area (Å²) in [5.74, 6) is 0.559. The minimum Gasteiger partial charge on any atom is -0.486 e. The maximum absolute atomic E-state index is 13.5. The number of amides is 2. The molecule has 2 aliphatic rings. The zero-order valence-electron chi connectivity index (χ0n) is 20.3. The summed E-state index contributed by atoms with van der Waals surface area (Å²) in [4.78, 5) is 32.9. The number of ether oxygens (including phenoxy) is 1. The maximum atomic E-state index is 13.5. The molecule has 0 fully saturated rings. The maximum Gasteiger partial charge on any atom is 0.272 e. The zero-order valence-corrected chi connectivity index (χ0v) is 20.3. The van der Waals surface area contributed by atoms with Crippen molar-refractivity contribution in [2.75, 3.05) is 27.2 Å². The van der Waals surface area contributed by atoms with Crippen LogP contribution in [-0.2, 0) is 22.6 Å². The molecular weight excluding hydrogens is 418 g/mol. The molecule has 178 valence electrons. The van der Waals surface area contributed by atoms with Gasteiger partial charge in [0, 0.05) is 20.1 Å². The summed E-state index contributed by atoms with van der Waals surface area (Å²) in [5.41, 5.74) is 1.44. The van der Waals surface area contributed by atoms with Gasteiger partial charge in [0.2, 0.25) is 5.91 Å². The molecule has 2 aliphatic heterocycles. The number of carbonyl (C=O) groups is 2. The van der Waals surface area contributed by atoms with Crippen LogP contribution in [0.15, 0.2) is 42.5 Å². The molecule has 0 unspecified atom stereocenters. The van der Waals surface area contributed by atoms with Gasteiger partial charge in [-0.05, 0) is 43.2 Å². The first-order valence-corrected chi connectivity index (χ1v) is 11.3. The van der Waals surface area contributed by atoms with Crippen molar-refractivity contribution >= 4 is 17.6 Å². The minimum absolute atomic E-state index is 0.240. The van der Waals surface area contributed by atoms with E-state index in [-0.39, 0.29) is 11.8 Å². The summed E-state index contributed by atoms with van der Waals surface area (Å²) >= 11 is 0. The van der Waals surface area contributed by atoms with Crippen molar-refractivity contribution in [3.8, 4) is 0 Å². The highest BCUT2D eigenvalue weighted by Gasteiger charge is 2.35. The van der Waals surface area contributed by atoms with E-state index in [0.29, 0.717) is 37.0 Å². The number of carbonyl (C=O) groups excluding carboxylic acids is 2. The van der Waals surface area contributed by atoms with Crippen LogP contribution in [0.3, 0.4) is 0 Å². The van der Waals surface area contributed by atoms with E-state index in [2.05, 4.69) is 26.7 Å². The molecule has 0 spiro atoms. The van der Waals surface area contributed by atoms with Crippen molar-refractivity contribution in [1.29, 1.82) is 0 Å². The van der Waals surface area contributed by atoms with Gasteiger partial charge in [0.05, 0.1) is 5.69 Å². The number of hydrogen-bond acceptors (Lipinski definition) is 5. The van der Waals surface area contributed by atoms with E-state index >= 15 is 0 Å². The van der Waals surface area contributed by atoms with E-state index in [0.717, 1.165) is 24.2 Å². The average Bonchev–Trinajstić information content (AvgIpc) is 3.03. The Kier molecular flexibility index (Phi) is 7.58. The molecule has 1 atom stereocenters. The summed E-state index contributed by atoms with van der Waals surface area (Å²) in [6.07, 6.45) is 10.4. The Morgan fingerprint density at radius 3 is 2.70 bits per heavy atom. The Labute approximate surface area is 196 Å². The van der Waals surface area contributed by atoms with Crippen LogP contribution in [0, 0.1) is 5.41 Å². The second-order valence-corrected chi connectivity index (χ2v) is 9.54. The predicted molar refractivity (Wildman–Crippen MR) is 129 cm³/mol. The van der Waals surface area contributed by atoms with Crippen LogP contribution in [0.1, 0.15) is 49.2 Å². The molecule has 0 saturated heterocycles. The third kappa shape index (κ3) is 5.82. The van der Waals surface area contributed by atoms with Crippen LogP contribution in [0.4, 0.5) is 0 Å². The van der Waals surface area contributed by atoms with E-state index in [4.69, 9.17) is 9.72 Å². The van der Waals surface area contributed by atoms with Crippen molar-refractivity contribution < 1.29 is 14.3 Å². The Hall–Kier alpha value is -3.13. The average molecular weight is 454 g/mol. The summed E-state index contributed by atoms with van der Waals surface area (Å²) in [6, 6.07) is -0.699. The molecular formula is C25H35N5O3. The quantitative estimate of drug-likeness (QED) is 0.732. The van der Waals surface area contributed by atoms with Crippen LogP contribution in [-0.4, -0.2) is 59.6 Å². The third-order valence-corrected chi connectivity index (χ3v) is 5.71. The van der Waals surface area contributed by atoms with Crippen molar-refractivity contribution in [2.24, 2.45) is 5.41 Å². The fourth-order valence-corrected chi connectivity index (χ4v) is 3.95. The van der Waals surface area contributed by atoms with Crippen molar-refractivity contribution in [3.63, 3.8) is 0 Å². The standard InChI is InChI=1S/C25H35N5O3/c1-17-11-8-7-9-14-33-19(15-17)22-27-20(18-16-29(6)12-10-13-30(18)22)23(31)28-21(24(32)26-5)25(2,3)4/h7-9,11,15,21H,1,10,12-14,16H2,2-6H3,(H,26,32)(H,28,31)/b9-7-,11-8-,19-15?/t21-/m1/s1. The molecule has 0 bridgehead atoms. The molecule has 2 amide bonds. The lowest BCUT2D eigenvalue weighted by molar-refractivity contribution is -0.124. The Balaban J connectivity index is 2.06. The molecule has 2 N–H and O–H groups in total. The highest BCUT2D eigenvalue weighted by molar-refractivity contribution is 5.97. The first kappa shape index (κ1) is 24.5. The van der Waals surface area contributed by atoms with Gasteiger partial charge in [-0.2, -0.15) is 0 Å². The van der Waals surface area contributed by atoms with E-state index in [9.17, 15) is 9.59 Å². The normalized spacial score (nSPS) is 20.0. The molecule has 0 saturated carbocycles. The lowest BCUT2D eigenvalue weighted by Gasteiger charge is -2.29. The van der Waals surface area contributed by atoms with Crippen molar-refractivity contribution in [3.05, 3.63) is 59.7 Å². The highest BCUT2D eigenvalue weighted by atomic mass is 16.5. The fraction of sp³-hybridized carbons (Fsp3) is 0.480. The van der Waals surface area contributed by atoms with E-state index < -0.39 is 11.5 Å².